The van der Waals surface area contributed by atoms with Crippen molar-refractivity contribution in [2.75, 3.05) is 20.8 Å². The molecule has 33 heavy (non-hydrogen) atoms. The van der Waals surface area contributed by atoms with Crippen LogP contribution in [-0.4, -0.2) is 34.1 Å². The van der Waals surface area contributed by atoms with E-state index in [1.54, 1.807) is 14.2 Å². The summed E-state index contributed by atoms with van der Waals surface area (Å²) in [7, 11) is 1.69. The van der Waals surface area contributed by atoms with E-state index in [-0.39, 0.29) is 0 Å². The summed E-state index contributed by atoms with van der Waals surface area (Å²) in [5.74, 6) is 8.14. The van der Waals surface area contributed by atoms with Crippen molar-refractivity contribution in [1.29, 1.82) is 0 Å². The molecule has 0 N–H and O–H groups in total. The van der Waals surface area contributed by atoms with Crippen LogP contribution in [0.15, 0.2) is 60.8 Å². The fourth-order valence-electron chi connectivity index (χ4n) is 3.86. The second-order valence-corrected chi connectivity index (χ2v) is 12.7. The van der Waals surface area contributed by atoms with Gasteiger partial charge in [-0.25, -0.2) is 4.98 Å². The van der Waals surface area contributed by atoms with E-state index in [9.17, 15) is 0 Å². The summed E-state index contributed by atoms with van der Waals surface area (Å²) in [4.78, 5) is 4.73. The van der Waals surface area contributed by atoms with Gasteiger partial charge in [0, 0.05) is 17.3 Å². The van der Waals surface area contributed by atoms with Crippen molar-refractivity contribution in [2.45, 2.75) is 38.9 Å². The van der Waals surface area contributed by atoms with Crippen molar-refractivity contribution in [3.63, 3.8) is 0 Å². The number of rotatable bonds is 9. The van der Waals surface area contributed by atoms with Crippen molar-refractivity contribution in [2.24, 2.45) is 0 Å². The fraction of sp³-hybridized carbons (Fsp3) is 0.321. The van der Waals surface area contributed by atoms with Crippen LogP contribution in [0.5, 0.6) is 11.5 Å². The first-order chi connectivity index (χ1) is 16.1. The van der Waals surface area contributed by atoms with E-state index >= 15 is 0 Å². The van der Waals surface area contributed by atoms with Crippen molar-refractivity contribution in [3.05, 3.63) is 66.5 Å². The molecule has 0 aliphatic heterocycles. The van der Waals surface area contributed by atoms with Gasteiger partial charge in [0.15, 0.2) is 8.32 Å². The lowest BCUT2D eigenvalue weighted by molar-refractivity contribution is 0.350. The molecule has 0 amide bonds. The Hall–Kier alpha value is -3.07. The Bertz CT molecular complexity index is 1090. The number of pyridine rings is 1. The van der Waals surface area contributed by atoms with Crippen LogP contribution in [0.25, 0.3) is 22.3 Å². The third-order valence-corrected chi connectivity index (χ3v) is 10.9. The Morgan fingerprint density at radius 2 is 1.30 bits per heavy atom. The molecule has 3 rings (SSSR count). The monoisotopic (exact) mass is 459 g/mol. The lowest BCUT2D eigenvalue weighted by atomic mass is 9.99. The maximum atomic E-state index is 6.30. The van der Waals surface area contributed by atoms with E-state index in [0.29, 0.717) is 6.61 Å². The summed E-state index contributed by atoms with van der Waals surface area (Å²) in [5, 5.41) is 0. The van der Waals surface area contributed by atoms with Gasteiger partial charge in [-0.2, -0.15) is 0 Å². The van der Waals surface area contributed by atoms with Crippen LogP contribution in [0.1, 0.15) is 26.5 Å². The molecule has 0 bridgehead atoms. The Morgan fingerprint density at radius 1 is 0.758 bits per heavy atom. The Kier molecular flexibility index (Phi) is 8.70. The molecule has 0 atom stereocenters. The van der Waals surface area contributed by atoms with E-state index in [4.69, 9.17) is 18.9 Å². The van der Waals surface area contributed by atoms with E-state index in [1.165, 1.54) is 0 Å². The summed E-state index contributed by atoms with van der Waals surface area (Å²) in [6.45, 7) is 7.14. The van der Waals surface area contributed by atoms with E-state index in [1.807, 2.05) is 54.7 Å². The second kappa shape index (κ2) is 11.7. The Balaban J connectivity index is 1.95. The summed E-state index contributed by atoms with van der Waals surface area (Å²) in [5.41, 5.74) is 4.88. The van der Waals surface area contributed by atoms with E-state index in [2.05, 4.69) is 38.7 Å². The van der Waals surface area contributed by atoms with Crippen LogP contribution < -0.4 is 9.47 Å². The highest BCUT2D eigenvalue weighted by Crippen LogP contribution is 2.30. The third kappa shape index (κ3) is 6.04. The molecule has 2 aromatic carbocycles. The molecule has 1 aromatic heterocycles. The van der Waals surface area contributed by atoms with E-state index in [0.717, 1.165) is 57.6 Å². The van der Waals surface area contributed by atoms with Gasteiger partial charge in [-0.15, -0.1) is 0 Å². The lowest BCUT2D eigenvalue weighted by Gasteiger charge is -2.26. The molecule has 0 radical (unpaired) electrons. The topological polar surface area (TPSA) is 40.6 Å². The maximum absolute atomic E-state index is 6.30. The number of ether oxygens (including phenoxy) is 2. The van der Waals surface area contributed by atoms with Gasteiger partial charge in [0.25, 0.3) is 0 Å². The molecule has 0 fully saturated rings. The third-order valence-electron chi connectivity index (χ3n) is 6.30. The fourth-order valence-corrected chi connectivity index (χ4v) is 6.35. The predicted octanol–water partition coefficient (Wildman–Crippen LogP) is 6.81. The zero-order valence-corrected chi connectivity index (χ0v) is 21.3. The minimum Gasteiger partial charge on any atom is -0.497 e. The van der Waals surface area contributed by atoms with Crippen molar-refractivity contribution in [1.82, 2.24) is 4.98 Å². The summed E-state index contributed by atoms with van der Waals surface area (Å²) in [6, 6.07) is 21.5. The van der Waals surface area contributed by atoms with Gasteiger partial charge in [0.1, 0.15) is 17.2 Å². The van der Waals surface area contributed by atoms with Crippen LogP contribution in [0.2, 0.25) is 18.1 Å². The molecular weight excluding hydrogens is 426 g/mol. The van der Waals surface area contributed by atoms with Gasteiger partial charge in [-0.3, -0.25) is 0 Å². The molecule has 3 aromatic rings. The summed E-state index contributed by atoms with van der Waals surface area (Å²) in [6.07, 6.45) is 1.88. The Morgan fingerprint density at radius 3 is 1.82 bits per heavy atom. The van der Waals surface area contributed by atoms with Crippen molar-refractivity contribution in [3.8, 4) is 45.6 Å². The zero-order valence-electron chi connectivity index (χ0n) is 20.3. The minimum atomic E-state index is -1.65. The summed E-state index contributed by atoms with van der Waals surface area (Å²) >= 11 is 0. The molecule has 4 nitrogen and oxygen atoms in total. The first-order valence-electron chi connectivity index (χ1n) is 11.5. The SMILES string of the molecule is CC[Si](CC)(CC)OCC#Cc1ncc(-c2ccc(OC)cc2)cc1-c1ccc(OC)cc1. The quantitative estimate of drug-likeness (QED) is 0.260. The first kappa shape index (κ1) is 24.6. The van der Waals surface area contributed by atoms with Gasteiger partial charge in [-0.1, -0.05) is 51.0 Å². The standard InChI is InChI=1S/C28H33NO3Si/c1-6-33(7-2,8-3)32-19-9-10-28-27(23-13-17-26(31-5)18-14-23)20-24(21-29-28)22-11-15-25(30-4)16-12-22/h11-18,20-21H,6-8,19H2,1-5H3. The number of benzene rings is 2. The highest BCUT2D eigenvalue weighted by Gasteiger charge is 2.28. The molecule has 0 saturated heterocycles. The van der Waals surface area contributed by atoms with Crippen LogP contribution in [0.3, 0.4) is 0 Å². The average Bonchev–Trinajstić information content (AvgIpc) is 2.89. The smallest absolute Gasteiger partial charge is 0.193 e. The van der Waals surface area contributed by atoms with Gasteiger partial charge >= 0.3 is 0 Å². The highest BCUT2D eigenvalue weighted by molar-refractivity contribution is 6.73. The largest absolute Gasteiger partial charge is 0.497 e. The minimum absolute atomic E-state index is 0.450. The van der Waals surface area contributed by atoms with Crippen LogP contribution in [0, 0.1) is 11.8 Å². The van der Waals surface area contributed by atoms with Gasteiger partial charge in [0.2, 0.25) is 0 Å². The highest BCUT2D eigenvalue weighted by atomic mass is 28.4. The number of hydrogen-bond donors (Lipinski definition) is 0. The number of aromatic nitrogens is 1. The van der Waals surface area contributed by atoms with Crippen molar-refractivity contribution >= 4 is 8.32 Å². The van der Waals surface area contributed by atoms with Crippen LogP contribution in [0.4, 0.5) is 0 Å². The number of nitrogens with zero attached hydrogens (tertiary/aromatic N) is 1. The molecule has 5 heteroatoms. The molecular formula is C28H33NO3Si. The molecule has 172 valence electrons. The molecule has 0 spiro atoms. The second-order valence-electron chi connectivity index (χ2n) is 7.91. The Labute approximate surface area is 199 Å². The lowest BCUT2D eigenvalue weighted by Crippen LogP contribution is -2.35. The van der Waals surface area contributed by atoms with Gasteiger partial charge in [0.05, 0.1) is 20.8 Å². The van der Waals surface area contributed by atoms with Crippen molar-refractivity contribution < 1.29 is 13.9 Å². The normalized spacial score (nSPS) is 10.9. The average molecular weight is 460 g/mol. The number of hydrogen-bond acceptors (Lipinski definition) is 4. The maximum Gasteiger partial charge on any atom is 0.193 e. The molecule has 0 saturated carbocycles. The number of methoxy groups -OCH3 is 2. The van der Waals surface area contributed by atoms with Crippen LogP contribution >= 0.6 is 0 Å². The molecule has 0 aliphatic rings. The first-order valence-corrected chi connectivity index (χ1v) is 14.0. The van der Waals surface area contributed by atoms with E-state index < -0.39 is 8.32 Å². The molecule has 0 unspecified atom stereocenters. The van der Waals surface area contributed by atoms with Gasteiger partial charge < -0.3 is 13.9 Å². The van der Waals surface area contributed by atoms with Gasteiger partial charge in [-0.05, 0) is 65.5 Å². The molecule has 0 aliphatic carbocycles. The zero-order chi connectivity index (χ0) is 23.7. The molecule has 1 heterocycles. The predicted molar refractivity (Wildman–Crippen MR) is 138 cm³/mol. The van der Waals surface area contributed by atoms with Crippen LogP contribution in [-0.2, 0) is 4.43 Å². The summed E-state index contributed by atoms with van der Waals surface area (Å²) < 4.78 is 16.9.